The lowest BCUT2D eigenvalue weighted by Crippen LogP contribution is -2.33. The molecule has 1 N–H and O–H groups in total. The highest BCUT2D eigenvalue weighted by Crippen LogP contribution is 2.20. The van der Waals surface area contributed by atoms with Crippen LogP contribution in [0, 0.1) is 5.82 Å². The normalized spacial score (nSPS) is 15.1. The van der Waals surface area contributed by atoms with Gasteiger partial charge in [0.25, 0.3) is 0 Å². The molecule has 0 bridgehead atoms. The summed E-state index contributed by atoms with van der Waals surface area (Å²) in [5, 5.41) is -0.199. The minimum absolute atomic E-state index is 0.0224. The quantitative estimate of drug-likeness (QED) is 0.780. The number of nitrogens with one attached hydrogen (secondary N) is 1. The molecule has 1 aliphatic rings. The molecule has 0 aliphatic carbocycles. The van der Waals surface area contributed by atoms with Crippen LogP contribution >= 0.6 is 11.6 Å². The zero-order chi connectivity index (χ0) is 17.9. The molecule has 1 aliphatic heterocycles. The lowest BCUT2D eigenvalue weighted by atomic mass is 10.00. The van der Waals surface area contributed by atoms with Gasteiger partial charge in [0.2, 0.25) is 10.0 Å². The van der Waals surface area contributed by atoms with Crippen molar-refractivity contribution in [2.75, 3.05) is 19.6 Å². The van der Waals surface area contributed by atoms with Crippen molar-refractivity contribution < 1.29 is 12.8 Å². The van der Waals surface area contributed by atoms with Crippen LogP contribution < -0.4 is 4.72 Å². The van der Waals surface area contributed by atoms with Crippen LogP contribution in [-0.4, -0.2) is 33.0 Å². The Morgan fingerprint density at radius 3 is 2.68 bits per heavy atom. The number of fused-ring (bicyclic) bond motifs is 1. The highest BCUT2D eigenvalue weighted by molar-refractivity contribution is 7.89. The van der Waals surface area contributed by atoms with Gasteiger partial charge < -0.3 is 0 Å². The number of hydrogen-bond donors (Lipinski definition) is 1. The second kappa shape index (κ2) is 7.83. The van der Waals surface area contributed by atoms with Crippen molar-refractivity contribution >= 4 is 21.6 Å². The van der Waals surface area contributed by atoms with Crippen molar-refractivity contribution in [3.05, 3.63) is 64.4 Å². The molecule has 4 nitrogen and oxygen atoms in total. The minimum Gasteiger partial charge on any atom is -0.299 e. The number of benzene rings is 2. The Kier molecular flexibility index (Phi) is 5.74. The fourth-order valence-electron chi connectivity index (χ4n) is 2.98. The summed E-state index contributed by atoms with van der Waals surface area (Å²) >= 11 is 5.65. The maximum Gasteiger partial charge on any atom is 0.240 e. The summed E-state index contributed by atoms with van der Waals surface area (Å²) in [7, 11) is -3.67. The molecule has 0 spiro atoms. The van der Waals surface area contributed by atoms with Gasteiger partial charge in [-0.2, -0.15) is 0 Å². The number of nitrogens with zero attached hydrogens (tertiary/aromatic N) is 1. The Morgan fingerprint density at radius 1 is 1.16 bits per heavy atom. The molecule has 0 saturated heterocycles. The maximum absolute atomic E-state index is 13.2. The van der Waals surface area contributed by atoms with Crippen molar-refractivity contribution in [3.63, 3.8) is 0 Å². The van der Waals surface area contributed by atoms with Gasteiger partial charge in [-0.1, -0.05) is 35.9 Å². The van der Waals surface area contributed by atoms with Gasteiger partial charge >= 0.3 is 0 Å². The fraction of sp³-hybridized carbons (Fsp3) is 0.333. The molecular formula is C18H20ClFN2O2S. The summed E-state index contributed by atoms with van der Waals surface area (Å²) in [6, 6.07) is 11.8. The molecule has 0 fully saturated rings. The second-order valence-corrected chi connectivity index (χ2v) is 8.30. The number of hydrogen-bond acceptors (Lipinski definition) is 3. The Morgan fingerprint density at radius 2 is 1.92 bits per heavy atom. The van der Waals surface area contributed by atoms with Crippen LogP contribution in [0.15, 0.2) is 47.4 Å². The molecule has 3 rings (SSSR count). The predicted octanol–water partition coefficient (Wildman–Crippen LogP) is 3.21. The lowest BCUT2D eigenvalue weighted by molar-refractivity contribution is 0.251. The molecule has 2 aromatic carbocycles. The molecule has 1 heterocycles. The number of rotatable bonds is 6. The van der Waals surface area contributed by atoms with E-state index in [1.54, 1.807) is 0 Å². The van der Waals surface area contributed by atoms with Crippen LogP contribution in [0.3, 0.4) is 0 Å². The summed E-state index contributed by atoms with van der Waals surface area (Å²) in [6.07, 6.45) is 1.73. The van der Waals surface area contributed by atoms with Gasteiger partial charge in [-0.05, 0) is 48.7 Å². The first-order valence-electron chi connectivity index (χ1n) is 8.19. The predicted molar refractivity (Wildman–Crippen MR) is 96.6 cm³/mol. The molecule has 0 radical (unpaired) electrons. The minimum atomic E-state index is -3.67. The third-order valence-electron chi connectivity index (χ3n) is 4.35. The van der Waals surface area contributed by atoms with E-state index in [4.69, 9.17) is 11.6 Å². The van der Waals surface area contributed by atoms with E-state index in [2.05, 4.69) is 27.8 Å². The van der Waals surface area contributed by atoms with Gasteiger partial charge in [-0.15, -0.1) is 0 Å². The maximum atomic E-state index is 13.2. The van der Waals surface area contributed by atoms with Crippen molar-refractivity contribution in [1.82, 2.24) is 9.62 Å². The molecule has 0 saturated carbocycles. The average Bonchev–Trinajstić information content (AvgIpc) is 2.61. The van der Waals surface area contributed by atoms with Crippen LogP contribution in [0.25, 0.3) is 0 Å². The van der Waals surface area contributed by atoms with Gasteiger partial charge in [0.1, 0.15) is 5.82 Å². The molecule has 0 amide bonds. The molecule has 2 aromatic rings. The van der Waals surface area contributed by atoms with Crippen LogP contribution in [0.2, 0.25) is 5.02 Å². The second-order valence-electron chi connectivity index (χ2n) is 6.12. The van der Waals surface area contributed by atoms with Gasteiger partial charge in [0.15, 0.2) is 0 Å². The van der Waals surface area contributed by atoms with Crippen molar-refractivity contribution in [3.8, 4) is 0 Å². The molecule has 0 aromatic heterocycles. The van der Waals surface area contributed by atoms with Crippen LogP contribution in [0.4, 0.5) is 4.39 Å². The fourth-order valence-corrected chi connectivity index (χ4v) is 4.33. The third kappa shape index (κ3) is 4.58. The molecule has 0 atom stereocenters. The summed E-state index contributed by atoms with van der Waals surface area (Å²) in [4.78, 5) is 2.30. The molecule has 25 heavy (non-hydrogen) atoms. The van der Waals surface area contributed by atoms with Crippen LogP contribution in [0.1, 0.15) is 17.5 Å². The highest BCUT2D eigenvalue weighted by atomic mass is 35.5. The lowest BCUT2D eigenvalue weighted by Gasteiger charge is -2.28. The molecular weight excluding hydrogens is 363 g/mol. The molecule has 7 heteroatoms. The van der Waals surface area contributed by atoms with Gasteiger partial charge in [-0.25, -0.2) is 17.5 Å². The highest BCUT2D eigenvalue weighted by Gasteiger charge is 2.17. The Balaban J connectivity index is 1.49. The summed E-state index contributed by atoms with van der Waals surface area (Å²) in [6.45, 7) is 3.03. The topological polar surface area (TPSA) is 49.4 Å². The third-order valence-corrected chi connectivity index (χ3v) is 6.10. The van der Waals surface area contributed by atoms with Gasteiger partial charge in [0.05, 0.1) is 9.92 Å². The SMILES string of the molecule is O=S(=O)(NCCCN1CCc2ccccc2C1)c1ccc(F)c(Cl)c1. The van der Waals surface area contributed by atoms with Gasteiger partial charge in [-0.3, -0.25) is 4.90 Å². The zero-order valence-corrected chi connectivity index (χ0v) is 15.3. The zero-order valence-electron chi connectivity index (χ0n) is 13.7. The van der Waals surface area contributed by atoms with E-state index in [-0.39, 0.29) is 9.92 Å². The molecule has 0 unspecified atom stereocenters. The van der Waals surface area contributed by atoms with E-state index in [0.29, 0.717) is 13.0 Å². The first-order valence-corrected chi connectivity index (χ1v) is 10.1. The largest absolute Gasteiger partial charge is 0.299 e. The first-order chi connectivity index (χ1) is 12.0. The summed E-state index contributed by atoms with van der Waals surface area (Å²) in [5.74, 6) is -0.633. The first kappa shape index (κ1) is 18.3. The summed E-state index contributed by atoms with van der Waals surface area (Å²) < 4.78 is 40.1. The van der Waals surface area contributed by atoms with E-state index in [0.717, 1.165) is 38.2 Å². The number of halogens is 2. The standard InChI is InChI=1S/C18H20ClFN2O2S/c19-17-12-16(6-7-18(17)20)25(23,24)21-9-3-10-22-11-8-14-4-1-2-5-15(14)13-22/h1-2,4-7,12,21H,3,8-11,13H2. The number of sulfonamides is 1. The van der Waals surface area contributed by atoms with Crippen LogP contribution in [0.5, 0.6) is 0 Å². The van der Waals surface area contributed by atoms with Crippen LogP contribution in [-0.2, 0) is 23.0 Å². The average molecular weight is 383 g/mol. The summed E-state index contributed by atoms with van der Waals surface area (Å²) in [5.41, 5.74) is 2.74. The Hall–Kier alpha value is -1.47. The molecule has 134 valence electrons. The van der Waals surface area contributed by atoms with Crippen molar-refractivity contribution in [2.45, 2.75) is 24.3 Å². The van der Waals surface area contributed by atoms with E-state index in [1.807, 2.05) is 6.07 Å². The van der Waals surface area contributed by atoms with Crippen molar-refractivity contribution in [2.24, 2.45) is 0 Å². The van der Waals surface area contributed by atoms with E-state index in [9.17, 15) is 12.8 Å². The Bertz CT molecular complexity index is 858. The van der Waals surface area contributed by atoms with Gasteiger partial charge in [0, 0.05) is 19.6 Å². The van der Waals surface area contributed by atoms with E-state index < -0.39 is 15.8 Å². The monoisotopic (exact) mass is 382 g/mol. The Labute approximate surface area is 152 Å². The van der Waals surface area contributed by atoms with E-state index in [1.165, 1.54) is 17.2 Å². The smallest absolute Gasteiger partial charge is 0.240 e. The van der Waals surface area contributed by atoms with E-state index >= 15 is 0 Å². The van der Waals surface area contributed by atoms with Crippen molar-refractivity contribution in [1.29, 1.82) is 0 Å².